The van der Waals surface area contributed by atoms with E-state index in [2.05, 4.69) is 4.72 Å². The fourth-order valence-electron chi connectivity index (χ4n) is 2.38. The highest BCUT2D eigenvalue weighted by Crippen LogP contribution is 2.21. The normalized spacial score (nSPS) is 17.3. The van der Waals surface area contributed by atoms with E-state index in [9.17, 15) is 13.2 Å². The number of nitrogens with one attached hydrogen (secondary N) is 1. The van der Waals surface area contributed by atoms with Gasteiger partial charge in [-0.05, 0) is 25.0 Å². The van der Waals surface area contributed by atoms with E-state index in [1.54, 1.807) is 0 Å². The number of benzene rings is 1. The maximum Gasteiger partial charge on any atom is 0.337 e. The highest BCUT2D eigenvalue weighted by molar-refractivity contribution is 7.89. The first-order valence-electron chi connectivity index (χ1n) is 6.35. The van der Waals surface area contributed by atoms with Crippen LogP contribution >= 0.6 is 0 Å². The molecule has 1 fully saturated rings. The Morgan fingerprint density at radius 3 is 2.42 bits per heavy atom. The maximum atomic E-state index is 12.3. The molecule has 0 spiro atoms. The summed E-state index contributed by atoms with van der Waals surface area (Å²) in [5.74, 6) is -1.23. The van der Waals surface area contributed by atoms with Crippen LogP contribution in [0.3, 0.4) is 0 Å². The Balaban J connectivity index is 2.26. The largest absolute Gasteiger partial charge is 0.478 e. The Morgan fingerprint density at radius 1 is 1.16 bits per heavy atom. The lowest BCUT2D eigenvalue weighted by Crippen LogP contribution is -2.36. The van der Waals surface area contributed by atoms with Crippen LogP contribution in [-0.2, 0) is 10.0 Å². The van der Waals surface area contributed by atoms with E-state index in [1.165, 1.54) is 24.3 Å². The Hall–Kier alpha value is -1.40. The molecule has 2 rings (SSSR count). The Kier molecular flexibility index (Phi) is 4.21. The summed E-state index contributed by atoms with van der Waals surface area (Å²) in [7, 11) is -3.77. The SMILES string of the molecule is O=C(O)c1ccccc1S(=O)(=O)NC1CCCCC1. The van der Waals surface area contributed by atoms with E-state index in [4.69, 9.17) is 5.11 Å². The number of hydrogen-bond donors (Lipinski definition) is 2. The first-order chi connectivity index (χ1) is 9.00. The molecule has 5 nitrogen and oxygen atoms in total. The third kappa shape index (κ3) is 3.33. The lowest BCUT2D eigenvalue weighted by Gasteiger charge is -2.22. The van der Waals surface area contributed by atoms with Crippen LogP contribution in [0.1, 0.15) is 42.5 Å². The second kappa shape index (κ2) is 5.71. The average molecular weight is 283 g/mol. The third-order valence-corrected chi connectivity index (χ3v) is 4.91. The van der Waals surface area contributed by atoms with Crippen molar-refractivity contribution in [2.75, 3.05) is 0 Å². The molecule has 0 radical (unpaired) electrons. The molecule has 1 aromatic rings. The topological polar surface area (TPSA) is 83.5 Å². The molecular weight excluding hydrogens is 266 g/mol. The van der Waals surface area contributed by atoms with Crippen LogP contribution in [0, 0.1) is 0 Å². The van der Waals surface area contributed by atoms with E-state index in [0.717, 1.165) is 32.1 Å². The van der Waals surface area contributed by atoms with Crippen LogP contribution in [0.2, 0.25) is 0 Å². The van der Waals surface area contributed by atoms with Crippen molar-refractivity contribution in [3.63, 3.8) is 0 Å². The molecule has 1 aliphatic rings. The zero-order valence-electron chi connectivity index (χ0n) is 10.5. The number of sulfonamides is 1. The molecule has 0 heterocycles. The van der Waals surface area contributed by atoms with Gasteiger partial charge in [-0.15, -0.1) is 0 Å². The van der Waals surface area contributed by atoms with Crippen LogP contribution in [0.25, 0.3) is 0 Å². The van der Waals surface area contributed by atoms with Gasteiger partial charge in [0.1, 0.15) is 0 Å². The van der Waals surface area contributed by atoms with Gasteiger partial charge in [0.25, 0.3) is 0 Å². The molecule has 0 aromatic heterocycles. The van der Waals surface area contributed by atoms with Gasteiger partial charge in [0.2, 0.25) is 10.0 Å². The van der Waals surface area contributed by atoms with Gasteiger partial charge in [-0.25, -0.2) is 17.9 Å². The molecule has 6 heteroatoms. The van der Waals surface area contributed by atoms with Crippen LogP contribution < -0.4 is 4.72 Å². The van der Waals surface area contributed by atoms with Crippen molar-refractivity contribution in [2.24, 2.45) is 0 Å². The summed E-state index contributed by atoms with van der Waals surface area (Å²) < 4.78 is 27.1. The predicted molar refractivity (Wildman–Crippen MR) is 70.6 cm³/mol. The minimum Gasteiger partial charge on any atom is -0.478 e. The van der Waals surface area contributed by atoms with Gasteiger partial charge in [0.05, 0.1) is 10.5 Å². The summed E-state index contributed by atoms with van der Waals surface area (Å²) in [4.78, 5) is 10.9. The van der Waals surface area contributed by atoms with Crippen molar-refractivity contribution < 1.29 is 18.3 Å². The Labute approximate surface area is 112 Å². The first-order valence-corrected chi connectivity index (χ1v) is 7.83. The number of hydrogen-bond acceptors (Lipinski definition) is 3. The predicted octanol–water partition coefficient (Wildman–Crippen LogP) is 2.00. The monoisotopic (exact) mass is 283 g/mol. The van der Waals surface area contributed by atoms with Gasteiger partial charge < -0.3 is 5.11 Å². The Morgan fingerprint density at radius 2 is 1.79 bits per heavy atom. The fraction of sp³-hybridized carbons (Fsp3) is 0.462. The Bertz CT molecular complexity index is 562. The van der Waals surface area contributed by atoms with Crippen LogP contribution in [-0.4, -0.2) is 25.5 Å². The van der Waals surface area contributed by atoms with Crippen LogP contribution in [0.4, 0.5) is 0 Å². The summed E-state index contributed by atoms with van der Waals surface area (Å²) >= 11 is 0. The number of aromatic carboxylic acids is 1. The van der Waals surface area contributed by atoms with Crippen molar-refractivity contribution in [3.05, 3.63) is 29.8 Å². The standard InChI is InChI=1S/C13H17NO4S/c15-13(16)11-8-4-5-9-12(11)19(17,18)14-10-6-2-1-3-7-10/h4-5,8-10,14H,1-3,6-7H2,(H,15,16). The summed E-state index contributed by atoms with van der Waals surface area (Å²) in [6.45, 7) is 0. The van der Waals surface area contributed by atoms with Crippen molar-refractivity contribution in [3.8, 4) is 0 Å². The second-order valence-electron chi connectivity index (χ2n) is 4.76. The van der Waals surface area contributed by atoms with E-state index in [1.807, 2.05) is 0 Å². The van der Waals surface area contributed by atoms with Gasteiger partial charge >= 0.3 is 5.97 Å². The smallest absolute Gasteiger partial charge is 0.337 e. The molecule has 1 aromatic carbocycles. The van der Waals surface area contributed by atoms with Crippen LogP contribution in [0.15, 0.2) is 29.2 Å². The molecule has 1 saturated carbocycles. The van der Waals surface area contributed by atoms with Crippen molar-refractivity contribution >= 4 is 16.0 Å². The van der Waals surface area contributed by atoms with Crippen molar-refractivity contribution in [1.82, 2.24) is 4.72 Å². The highest BCUT2D eigenvalue weighted by Gasteiger charge is 2.25. The minimum atomic E-state index is -3.77. The van der Waals surface area contributed by atoms with E-state index in [-0.39, 0.29) is 16.5 Å². The van der Waals surface area contributed by atoms with E-state index in [0.29, 0.717) is 0 Å². The molecule has 0 bridgehead atoms. The first kappa shape index (κ1) is 14.0. The number of carboxylic acid groups (broad SMARTS) is 1. The summed E-state index contributed by atoms with van der Waals surface area (Å²) in [5.41, 5.74) is -0.189. The highest BCUT2D eigenvalue weighted by atomic mass is 32.2. The van der Waals surface area contributed by atoms with E-state index < -0.39 is 16.0 Å². The minimum absolute atomic E-state index is 0.0828. The van der Waals surface area contributed by atoms with Crippen molar-refractivity contribution in [1.29, 1.82) is 0 Å². The summed E-state index contributed by atoms with van der Waals surface area (Å²) in [6, 6.07) is 5.60. The molecule has 0 saturated heterocycles. The molecule has 1 aliphatic carbocycles. The maximum absolute atomic E-state index is 12.3. The molecule has 0 unspecified atom stereocenters. The quantitative estimate of drug-likeness (QED) is 0.885. The van der Waals surface area contributed by atoms with Crippen LogP contribution in [0.5, 0.6) is 0 Å². The zero-order valence-corrected chi connectivity index (χ0v) is 11.3. The summed E-state index contributed by atoms with van der Waals surface area (Å²) in [6.07, 6.45) is 4.77. The number of carboxylic acids is 1. The second-order valence-corrected chi connectivity index (χ2v) is 6.44. The van der Waals surface area contributed by atoms with Gasteiger partial charge in [-0.3, -0.25) is 0 Å². The lowest BCUT2D eigenvalue weighted by molar-refractivity contribution is 0.0692. The summed E-state index contributed by atoms with van der Waals surface area (Å²) in [5, 5.41) is 9.04. The molecule has 0 atom stereocenters. The molecule has 19 heavy (non-hydrogen) atoms. The molecule has 2 N–H and O–H groups in total. The fourth-order valence-corrected chi connectivity index (χ4v) is 3.89. The molecular formula is C13H17NO4S. The van der Waals surface area contributed by atoms with Crippen molar-refractivity contribution in [2.45, 2.75) is 43.0 Å². The molecule has 0 aliphatic heterocycles. The van der Waals surface area contributed by atoms with Gasteiger partial charge in [-0.1, -0.05) is 31.4 Å². The molecule has 104 valence electrons. The van der Waals surface area contributed by atoms with Gasteiger partial charge in [0.15, 0.2) is 0 Å². The van der Waals surface area contributed by atoms with E-state index >= 15 is 0 Å². The molecule has 0 amide bonds. The zero-order chi connectivity index (χ0) is 13.9. The lowest BCUT2D eigenvalue weighted by atomic mass is 9.96. The van der Waals surface area contributed by atoms with Gasteiger partial charge in [-0.2, -0.15) is 0 Å². The number of carbonyl (C=O) groups is 1. The van der Waals surface area contributed by atoms with Gasteiger partial charge in [0, 0.05) is 6.04 Å². The number of rotatable bonds is 4. The average Bonchev–Trinajstić information content (AvgIpc) is 2.39. The third-order valence-electron chi connectivity index (χ3n) is 3.33.